The number of carbonyl (C=O) groups is 1. The van der Waals surface area contributed by atoms with Crippen LogP contribution in [-0.4, -0.2) is 61.0 Å². The minimum Gasteiger partial charge on any atom is -0.444 e. The largest absolute Gasteiger partial charge is 0.444 e. The summed E-state index contributed by atoms with van der Waals surface area (Å²) < 4.78 is 36.3. The zero-order valence-corrected chi connectivity index (χ0v) is 24.4. The lowest BCUT2D eigenvalue weighted by Gasteiger charge is -2.32. The van der Waals surface area contributed by atoms with Gasteiger partial charge in [-0.25, -0.2) is 13.2 Å². The Morgan fingerprint density at radius 1 is 1.10 bits per heavy atom. The fourth-order valence-electron chi connectivity index (χ4n) is 4.76. The van der Waals surface area contributed by atoms with E-state index in [2.05, 4.69) is 25.1 Å². The van der Waals surface area contributed by atoms with E-state index in [-0.39, 0.29) is 12.0 Å². The smallest absolute Gasteiger partial charge is 0.408 e. The average molecular weight is 570 g/mol. The Kier molecular flexibility index (Phi) is 9.47. The molecule has 10 nitrogen and oxygen atoms in total. The Bertz CT molecular complexity index is 1350. The van der Waals surface area contributed by atoms with Crippen molar-refractivity contribution >= 4 is 21.8 Å². The highest BCUT2D eigenvalue weighted by Crippen LogP contribution is 2.28. The van der Waals surface area contributed by atoms with Crippen molar-refractivity contribution in [2.45, 2.75) is 64.0 Å². The monoisotopic (exact) mass is 569 g/mol. The number of piperidine rings is 1. The van der Waals surface area contributed by atoms with Crippen molar-refractivity contribution in [3.63, 3.8) is 0 Å². The first kappa shape index (κ1) is 29.5. The maximum Gasteiger partial charge on any atom is 0.408 e. The molecule has 11 heteroatoms. The quantitative estimate of drug-likeness (QED) is 0.354. The van der Waals surface area contributed by atoms with Crippen LogP contribution in [0.2, 0.25) is 0 Å². The van der Waals surface area contributed by atoms with Crippen molar-refractivity contribution in [1.82, 2.24) is 20.4 Å². The number of anilines is 1. The van der Waals surface area contributed by atoms with E-state index in [9.17, 15) is 13.2 Å². The number of nitrogens with one attached hydrogen (secondary N) is 2. The van der Waals surface area contributed by atoms with Crippen LogP contribution >= 0.6 is 0 Å². The SMILES string of the molecule is CC(C)(C)OC(=O)NC(CCN1CCC(c2nc(Cc3ccc(NS(C)(=O)=O)cc3)no2)CC1)c1ccccc1. The minimum atomic E-state index is -3.31. The van der Waals surface area contributed by atoms with Crippen molar-refractivity contribution in [3.8, 4) is 0 Å². The van der Waals surface area contributed by atoms with E-state index in [4.69, 9.17) is 9.26 Å². The van der Waals surface area contributed by atoms with E-state index in [0.29, 0.717) is 23.8 Å². The van der Waals surface area contributed by atoms with E-state index >= 15 is 0 Å². The van der Waals surface area contributed by atoms with Gasteiger partial charge < -0.3 is 19.5 Å². The van der Waals surface area contributed by atoms with Crippen LogP contribution in [-0.2, 0) is 21.2 Å². The third-order valence-corrected chi connectivity index (χ3v) is 7.27. The summed E-state index contributed by atoms with van der Waals surface area (Å²) >= 11 is 0. The molecule has 2 aromatic carbocycles. The summed E-state index contributed by atoms with van der Waals surface area (Å²) in [5.41, 5.74) is 1.99. The van der Waals surface area contributed by atoms with E-state index in [1.165, 1.54) is 0 Å². The number of alkyl carbamates (subject to hydrolysis) is 1. The first-order chi connectivity index (χ1) is 18.9. The molecule has 0 aliphatic carbocycles. The van der Waals surface area contributed by atoms with E-state index < -0.39 is 21.7 Å². The minimum absolute atomic E-state index is 0.136. The fourth-order valence-corrected chi connectivity index (χ4v) is 5.33. The maximum atomic E-state index is 12.5. The number of aromatic nitrogens is 2. The molecule has 4 rings (SSSR count). The van der Waals surface area contributed by atoms with E-state index in [1.807, 2.05) is 63.2 Å². The van der Waals surface area contributed by atoms with Gasteiger partial charge in [-0.2, -0.15) is 4.98 Å². The molecule has 0 saturated carbocycles. The molecule has 1 unspecified atom stereocenters. The summed E-state index contributed by atoms with van der Waals surface area (Å²) in [7, 11) is -3.31. The van der Waals surface area contributed by atoms with Crippen LogP contribution in [0.15, 0.2) is 59.1 Å². The summed E-state index contributed by atoms with van der Waals surface area (Å²) in [6, 6.07) is 17.0. The van der Waals surface area contributed by atoms with E-state index in [1.54, 1.807) is 12.1 Å². The second-order valence-corrected chi connectivity index (χ2v) is 13.1. The predicted octanol–water partition coefficient (Wildman–Crippen LogP) is 4.87. The predicted molar refractivity (Wildman–Crippen MR) is 154 cm³/mol. The molecular weight excluding hydrogens is 530 g/mol. The van der Waals surface area contributed by atoms with Crippen molar-refractivity contribution in [2.75, 3.05) is 30.6 Å². The molecule has 0 radical (unpaired) electrons. The molecule has 1 atom stereocenters. The number of carbonyl (C=O) groups excluding carboxylic acids is 1. The average Bonchev–Trinajstić information content (AvgIpc) is 3.35. The van der Waals surface area contributed by atoms with E-state index in [0.717, 1.165) is 56.3 Å². The van der Waals surface area contributed by atoms with Crippen molar-refractivity contribution < 1.29 is 22.5 Å². The standard InChI is InChI=1S/C29H39N5O5S/c1-29(2,3)38-28(35)30-25(22-8-6-5-7-9-22)16-19-34-17-14-23(15-18-34)27-31-26(32-39-27)20-21-10-12-24(13-11-21)33-40(4,36)37/h5-13,23,25,33H,14-20H2,1-4H3,(H,30,35). The molecule has 3 aromatic rings. The number of rotatable bonds is 10. The number of sulfonamides is 1. The van der Waals surface area contributed by atoms with Gasteiger partial charge in [-0.05, 0) is 76.4 Å². The van der Waals surface area contributed by atoms with Gasteiger partial charge in [0, 0.05) is 24.6 Å². The van der Waals surface area contributed by atoms with Crippen molar-refractivity contribution in [2.24, 2.45) is 0 Å². The molecule has 1 aliphatic rings. The Balaban J connectivity index is 1.27. The van der Waals surface area contributed by atoms with Gasteiger partial charge in [-0.15, -0.1) is 0 Å². The molecule has 40 heavy (non-hydrogen) atoms. The summed E-state index contributed by atoms with van der Waals surface area (Å²) in [5, 5.41) is 7.22. The summed E-state index contributed by atoms with van der Waals surface area (Å²) in [6.45, 7) is 8.25. The van der Waals surface area contributed by atoms with Crippen molar-refractivity contribution in [1.29, 1.82) is 0 Å². The first-order valence-electron chi connectivity index (χ1n) is 13.6. The highest BCUT2D eigenvalue weighted by atomic mass is 32.2. The molecule has 1 amide bonds. The Morgan fingerprint density at radius 3 is 2.40 bits per heavy atom. The molecule has 216 valence electrons. The third-order valence-electron chi connectivity index (χ3n) is 6.67. The highest BCUT2D eigenvalue weighted by Gasteiger charge is 2.27. The van der Waals surface area contributed by atoms with Crippen LogP contribution in [0, 0.1) is 0 Å². The maximum absolute atomic E-state index is 12.5. The van der Waals surface area contributed by atoms with Crippen LogP contribution in [0.5, 0.6) is 0 Å². The second kappa shape index (κ2) is 12.8. The third kappa shape index (κ3) is 9.34. The van der Waals surface area contributed by atoms with Gasteiger partial charge in [-0.3, -0.25) is 4.72 Å². The van der Waals surface area contributed by atoms with Gasteiger partial charge in [0.1, 0.15) is 5.60 Å². The molecule has 1 aromatic heterocycles. The number of likely N-dealkylation sites (tertiary alicyclic amines) is 1. The number of nitrogens with zero attached hydrogens (tertiary/aromatic N) is 3. The number of hydrogen-bond donors (Lipinski definition) is 2. The molecule has 1 aliphatic heterocycles. The first-order valence-corrected chi connectivity index (χ1v) is 15.5. The number of hydrogen-bond acceptors (Lipinski definition) is 8. The van der Waals surface area contributed by atoms with Gasteiger partial charge in [0.05, 0.1) is 12.3 Å². The zero-order valence-electron chi connectivity index (χ0n) is 23.6. The summed E-state index contributed by atoms with van der Waals surface area (Å²) in [6.07, 6.45) is 3.84. The summed E-state index contributed by atoms with van der Waals surface area (Å²) in [4.78, 5) is 19.5. The van der Waals surface area contributed by atoms with Gasteiger partial charge in [0.2, 0.25) is 15.9 Å². The van der Waals surface area contributed by atoms with Gasteiger partial charge >= 0.3 is 6.09 Å². The van der Waals surface area contributed by atoms with Crippen LogP contribution < -0.4 is 10.0 Å². The molecule has 1 saturated heterocycles. The number of amides is 1. The molecule has 1 fully saturated rings. The molecular formula is C29H39N5O5S. The number of ether oxygens (including phenoxy) is 1. The van der Waals surface area contributed by atoms with Crippen molar-refractivity contribution in [3.05, 3.63) is 77.4 Å². The lowest BCUT2D eigenvalue weighted by molar-refractivity contribution is 0.0496. The topological polar surface area (TPSA) is 127 Å². The molecule has 0 spiro atoms. The highest BCUT2D eigenvalue weighted by molar-refractivity contribution is 7.92. The number of benzene rings is 2. The normalized spacial score (nSPS) is 15.9. The summed E-state index contributed by atoms with van der Waals surface area (Å²) in [5.74, 6) is 1.49. The lowest BCUT2D eigenvalue weighted by Crippen LogP contribution is -2.38. The zero-order chi connectivity index (χ0) is 28.8. The van der Waals surface area contributed by atoms with Crippen LogP contribution in [0.1, 0.15) is 74.8 Å². The van der Waals surface area contributed by atoms with Crippen LogP contribution in [0.3, 0.4) is 0 Å². The lowest BCUT2D eigenvalue weighted by atomic mass is 9.96. The van der Waals surface area contributed by atoms with Gasteiger partial charge in [0.25, 0.3) is 0 Å². The second-order valence-electron chi connectivity index (χ2n) is 11.3. The van der Waals surface area contributed by atoms with Gasteiger partial charge in [-0.1, -0.05) is 47.6 Å². The van der Waals surface area contributed by atoms with Crippen LogP contribution in [0.25, 0.3) is 0 Å². The molecule has 2 heterocycles. The Morgan fingerprint density at radius 2 is 1.77 bits per heavy atom. The Labute approximate surface area is 236 Å². The van der Waals surface area contributed by atoms with Crippen LogP contribution in [0.4, 0.5) is 10.5 Å². The fraction of sp³-hybridized carbons (Fsp3) is 0.483. The van der Waals surface area contributed by atoms with Gasteiger partial charge in [0.15, 0.2) is 5.82 Å². The molecule has 0 bridgehead atoms. The Hall–Kier alpha value is -3.44. The molecule has 2 N–H and O–H groups in total.